The molecule has 3 heterocycles. The molecule has 1 N–H and O–H groups in total. The second-order valence-corrected chi connectivity index (χ2v) is 9.72. The number of nitrogens with zero attached hydrogens (tertiary/aromatic N) is 4. The Hall–Kier alpha value is -2.75. The van der Waals surface area contributed by atoms with Gasteiger partial charge in [0.1, 0.15) is 0 Å². The Balaban J connectivity index is 0.000000219. The first-order valence-electron chi connectivity index (χ1n) is 10.8. The summed E-state index contributed by atoms with van der Waals surface area (Å²) in [6, 6.07) is 16.6. The lowest BCUT2D eigenvalue weighted by Crippen LogP contribution is -2.35. The molecule has 2 atom stereocenters. The second-order valence-electron chi connectivity index (χ2n) is 8.30. The molecule has 8 nitrogen and oxygen atoms in total. The van der Waals surface area contributed by atoms with Gasteiger partial charge in [-0.15, -0.1) is 5.10 Å². The average molecular weight is 473 g/mol. The van der Waals surface area contributed by atoms with Crippen LogP contribution in [0.5, 0.6) is 0 Å². The summed E-state index contributed by atoms with van der Waals surface area (Å²) in [6.45, 7) is 7.41. The summed E-state index contributed by atoms with van der Waals surface area (Å²) in [5.74, 6) is 1.34. The van der Waals surface area contributed by atoms with Gasteiger partial charge in [0.05, 0.1) is 4.90 Å². The van der Waals surface area contributed by atoms with Crippen molar-refractivity contribution >= 4 is 16.1 Å². The van der Waals surface area contributed by atoms with E-state index in [9.17, 15) is 8.42 Å². The molecule has 2 bridgehead atoms. The van der Waals surface area contributed by atoms with Gasteiger partial charge in [-0.25, -0.2) is 0 Å². The van der Waals surface area contributed by atoms with Crippen LogP contribution in [-0.2, 0) is 10.1 Å². The Morgan fingerprint density at radius 1 is 0.970 bits per heavy atom. The summed E-state index contributed by atoms with van der Waals surface area (Å²) >= 11 is 0. The lowest BCUT2D eigenvalue weighted by atomic mass is 9.99. The van der Waals surface area contributed by atoms with Crippen molar-refractivity contribution in [3.63, 3.8) is 0 Å². The third kappa shape index (κ3) is 6.63. The molecular weight excluding hydrogens is 440 g/mol. The fourth-order valence-corrected chi connectivity index (χ4v) is 4.57. The van der Waals surface area contributed by atoms with Crippen LogP contribution in [0.1, 0.15) is 25.8 Å². The van der Waals surface area contributed by atoms with Crippen LogP contribution in [0.3, 0.4) is 0 Å². The maximum Gasteiger partial charge on any atom is 0.318 e. The Morgan fingerprint density at radius 3 is 2.39 bits per heavy atom. The number of rotatable bonds is 3. The largest absolute Gasteiger partial charge is 0.403 e. The van der Waals surface area contributed by atoms with Crippen molar-refractivity contribution in [3.05, 3.63) is 60.2 Å². The second kappa shape index (κ2) is 10.9. The van der Waals surface area contributed by atoms with Crippen molar-refractivity contribution < 1.29 is 17.4 Å². The molecule has 0 spiro atoms. The molecular formula is C24H32N4O4S. The smallest absolute Gasteiger partial charge is 0.318 e. The highest BCUT2D eigenvalue weighted by Gasteiger charge is 2.28. The molecule has 0 saturated carbocycles. The van der Waals surface area contributed by atoms with E-state index in [-0.39, 0.29) is 12.3 Å². The van der Waals surface area contributed by atoms with Crippen LogP contribution in [0.4, 0.5) is 6.01 Å². The Morgan fingerprint density at radius 2 is 1.70 bits per heavy atom. The van der Waals surface area contributed by atoms with Gasteiger partial charge in [0, 0.05) is 31.7 Å². The molecule has 2 saturated heterocycles. The molecule has 33 heavy (non-hydrogen) atoms. The SMILES string of the molecule is C.Cc1ccc(S(=O)(=O)O)cc1.c1ccc(-c2nnc(N3CCN4CCCC(C4)C3)o2)cc1. The lowest BCUT2D eigenvalue weighted by molar-refractivity contribution is 0.200. The fraction of sp³-hybridized carbons (Fsp3) is 0.417. The topological polar surface area (TPSA) is 99.8 Å². The van der Waals surface area contributed by atoms with E-state index in [0.717, 1.165) is 36.7 Å². The third-order valence-electron chi connectivity index (χ3n) is 5.79. The predicted octanol–water partition coefficient (Wildman–Crippen LogP) is 4.15. The van der Waals surface area contributed by atoms with Gasteiger partial charge in [0.25, 0.3) is 10.1 Å². The van der Waals surface area contributed by atoms with Crippen molar-refractivity contribution in [3.8, 4) is 11.5 Å². The molecule has 2 unspecified atom stereocenters. The van der Waals surface area contributed by atoms with Crippen LogP contribution in [-0.4, -0.2) is 60.8 Å². The third-order valence-corrected chi connectivity index (χ3v) is 6.66. The lowest BCUT2D eigenvalue weighted by Gasteiger charge is -2.29. The van der Waals surface area contributed by atoms with E-state index in [1.165, 1.54) is 38.1 Å². The van der Waals surface area contributed by atoms with Crippen molar-refractivity contribution in [1.29, 1.82) is 0 Å². The zero-order valence-electron chi connectivity index (χ0n) is 18.1. The first-order chi connectivity index (χ1) is 15.4. The van der Waals surface area contributed by atoms with Crippen LogP contribution in [0, 0.1) is 12.8 Å². The van der Waals surface area contributed by atoms with Gasteiger partial charge in [-0.05, 0) is 56.5 Å². The summed E-state index contributed by atoms with van der Waals surface area (Å²) in [6.07, 6.45) is 2.63. The summed E-state index contributed by atoms with van der Waals surface area (Å²) in [5.41, 5.74) is 1.94. The number of piperidine rings is 1. The van der Waals surface area contributed by atoms with Crippen LogP contribution < -0.4 is 4.90 Å². The quantitative estimate of drug-likeness (QED) is 0.568. The Kier molecular flexibility index (Phi) is 8.23. The highest BCUT2D eigenvalue weighted by molar-refractivity contribution is 7.85. The zero-order valence-corrected chi connectivity index (χ0v) is 18.9. The standard InChI is InChI=1S/C16H20N4O.C7H8O3S.CH4/c1-2-6-14(7-3-1)15-17-18-16(21-15)20-10-9-19-8-4-5-13(11-19)12-20;1-6-2-4-7(5-3-6)11(8,9)10;/h1-3,6-7,13H,4-5,8-12H2;2-5H,1H3,(H,8,9,10);1H4. The van der Waals surface area contributed by atoms with E-state index >= 15 is 0 Å². The van der Waals surface area contributed by atoms with Gasteiger partial charge < -0.3 is 14.2 Å². The van der Waals surface area contributed by atoms with E-state index in [4.69, 9.17) is 8.97 Å². The van der Waals surface area contributed by atoms with Crippen molar-refractivity contribution in [1.82, 2.24) is 15.1 Å². The number of benzene rings is 2. The van der Waals surface area contributed by atoms with Crippen molar-refractivity contribution in [2.75, 3.05) is 37.6 Å². The number of hydrogen-bond donors (Lipinski definition) is 1. The summed E-state index contributed by atoms with van der Waals surface area (Å²) in [5, 5.41) is 8.47. The minimum atomic E-state index is -4.02. The van der Waals surface area contributed by atoms with Gasteiger partial charge in [-0.1, -0.05) is 48.4 Å². The van der Waals surface area contributed by atoms with E-state index in [1.54, 1.807) is 12.1 Å². The molecule has 2 aliphatic rings. The molecule has 1 aromatic heterocycles. The minimum absolute atomic E-state index is 0. The highest BCUT2D eigenvalue weighted by Crippen LogP contribution is 2.26. The van der Waals surface area contributed by atoms with E-state index in [2.05, 4.69) is 20.0 Å². The van der Waals surface area contributed by atoms with E-state index in [0.29, 0.717) is 11.9 Å². The molecule has 9 heteroatoms. The molecule has 3 aromatic rings. The maximum absolute atomic E-state index is 10.5. The molecule has 0 amide bonds. The first kappa shape index (κ1) is 24.9. The predicted molar refractivity (Wildman–Crippen MR) is 129 cm³/mol. The molecule has 2 aliphatic heterocycles. The van der Waals surface area contributed by atoms with Crippen LogP contribution in [0.2, 0.25) is 0 Å². The molecule has 5 rings (SSSR count). The van der Waals surface area contributed by atoms with Gasteiger partial charge >= 0.3 is 6.01 Å². The van der Waals surface area contributed by atoms with Crippen molar-refractivity contribution in [2.45, 2.75) is 32.1 Å². The number of fused-ring (bicyclic) bond motifs is 2. The molecule has 0 radical (unpaired) electrons. The number of anilines is 1. The minimum Gasteiger partial charge on any atom is -0.403 e. The molecule has 0 aliphatic carbocycles. The number of aryl methyl sites for hydroxylation is 1. The maximum atomic E-state index is 10.5. The average Bonchev–Trinajstić information content (AvgIpc) is 3.23. The van der Waals surface area contributed by atoms with Gasteiger partial charge in [0.15, 0.2) is 0 Å². The van der Waals surface area contributed by atoms with Crippen LogP contribution in [0.15, 0.2) is 63.9 Å². The van der Waals surface area contributed by atoms with Crippen molar-refractivity contribution in [2.24, 2.45) is 5.92 Å². The monoisotopic (exact) mass is 472 g/mol. The number of hydrogen-bond acceptors (Lipinski definition) is 7. The summed E-state index contributed by atoms with van der Waals surface area (Å²) in [7, 11) is -4.02. The zero-order chi connectivity index (χ0) is 22.6. The molecule has 2 aromatic carbocycles. The van der Waals surface area contributed by atoms with Crippen LogP contribution >= 0.6 is 0 Å². The molecule has 178 valence electrons. The van der Waals surface area contributed by atoms with E-state index < -0.39 is 10.1 Å². The van der Waals surface area contributed by atoms with Crippen LogP contribution in [0.25, 0.3) is 11.5 Å². The Bertz CT molecular complexity index is 1120. The van der Waals surface area contributed by atoms with Gasteiger partial charge in [-0.2, -0.15) is 8.42 Å². The fourth-order valence-electron chi connectivity index (χ4n) is 4.09. The normalized spacial score (nSPS) is 20.1. The molecule has 2 fully saturated rings. The Labute approximate surface area is 196 Å². The number of aromatic nitrogens is 2. The highest BCUT2D eigenvalue weighted by atomic mass is 32.2. The summed E-state index contributed by atoms with van der Waals surface area (Å²) < 4.78 is 35.4. The van der Waals surface area contributed by atoms with Gasteiger partial charge in [0.2, 0.25) is 5.89 Å². The first-order valence-corrected chi connectivity index (χ1v) is 12.2. The summed E-state index contributed by atoms with van der Waals surface area (Å²) in [4.78, 5) is 4.75. The van der Waals surface area contributed by atoms with E-state index in [1.807, 2.05) is 37.3 Å². The van der Waals surface area contributed by atoms with Gasteiger partial charge in [-0.3, -0.25) is 4.55 Å².